The number of hydrogen-bond donors (Lipinski definition) is 2. The highest BCUT2D eigenvalue weighted by atomic mass is 16.5. The van der Waals surface area contributed by atoms with E-state index in [1.807, 2.05) is 30.3 Å². The van der Waals surface area contributed by atoms with Gasteiger partial charge in [-0.1, -0.05) is 12.1 Å². The van der Waals surface area contributed by atoms with Crippen molar-refractivity contribution < 1.29 is 14.6 Å². The molecule has 0 saturated heterocycles. The minimum atomic E-state index is 0.284. The van der Waals surface area contributed by atoms with Gasteiger partial charge in [0.1, 0.15) is 17.2 Å². The monoisotopic (exact) mass is 273 g/mol. The van der Waals surface area contributed by atoms with E-state index in [1.165, 1.54) is 0 Å². The molecule has 4 nitrogen and oxygen atoms in total. The first kappa shape index (κ1) is 14.2. The molecule has 0 radical (unpaired) electrons. The average molecular weight is 273 g/mol. The number of benzene rings is 2. The zero-order valence-electron chi connectivity index (χ0n) is 11.7. The molecule has 2 rings (SSSR count). The quantitative estimate of drug-likeness (QED) is 0.849. The highest BCUT2D eigenvalue weighted by Crippen LogP contribution is 2.22. The molecule has 2 N–H and O–H groups in total. The van der Waals surface area contributed by atoms with E-state index in [2.05, 4.69) is 5.32 Å². The van der Waals surface area contributed by atoms with Gasteiger partial charge >= 0.3 is 0 Å². The van der Waals surface area contributed by atoms with Crippen LogP contribution in [0.4, 0.5) is 0 Å². The number of phenols is 1. The summed E-state index contributed by atoms with van der Waals surface area (Å²) in [7, 11) is 3.28. The number of ether oxygens (including phenoxy) is 2. The number of hydrogen-bond acceptors (Lipinski definition) is 4. The van der Waals surface area contributed by atoms with Crippen LogP contribution in [-0.4, -0.2) is 19.3 Å². The van der Waals surface area contributed by atoms with Gasteiger partial charge in [-0.25, -0.2) is 0 Å². The third-order valence-corrected chi connectivity index (χ3v) is 3.01. The van der Waals surface area contributed by atoms with E-state index in [0.29, 0.717) is 6.54 Å². The van der Waals surface area contributed by atoms with Gasteiger partial charge in [0.2, 0.25) is 0 Å². The van der Waals surface area contributed by atoms with E-state index in [-0.39, 0.29) is 5.75 Å². The zero-order valence-corrected chi connectivity index (χ0v) is 11.7. The first-order chi connectivity index (χ1) is 9.71. The van der Waals surface area contributed by atoms with Crippen LogP contribution in [0.5, 0.6) is 17.2 Å². The molecule has 0 unspecified atom stereocenters. The van der Waals surface area contributed by atoms with Crippen LogP contribution in [0.25, 0.3) is 0 Å². The molecule has 0 saturated carbocycles. The average Bonchev–Trinajstić information content (AvgIpc) is 2.49. The second-order valence-electron chi connectivity index (χ2n) is 4.49. The molecule has 0 fully saturated rings. The van der Waals surface area contributed by atoms with Gasteiger partial charge in [-0.2, -0.15) is 0 Å². The fraction of sp³-hybridized carbons (Fsp3) is 0.250. The number of phenolic OH excluding ortho intramolecular Hbond substituents is 1. The fourth-order valence-electron chi connectivity index (χ4n) is 1.93. The molecule has 2 aromatic rings. The Balaban J connectivity index is 1.94. The van der Waals surface area contributed by atoms with Crippen molar-refractivity contribution in [3.8, 4) is 17.2 Å². The van der Waals surface area contributed by atoms with Crippen molar-refractivity contribution in [3.05, 3.63) is 53.6 Å². The Kier molecular flexibility index (Phi) is 4.85. The Hall–Kier alpha value is -2.20. The maximum absolute atomic E-state index is 9.23. The Morgan fingerprint density at radius 1 is 0.850 bits per heavy atom. The molecule has 0 aliphatic heterocycles. The van der Waals surface area contributed by atoms with E-state index < -0.39 is 0 Å². The van der Waals surface area contributed by atoms with Crippen molar-refractivity contribution in [2.45, 2.75) is 13.1 Å². The summed E-state index contributed by atoms with van der Waals surface area (Å²) in [6, 6.07) is 13.0. The van der Waals surface area contributed by atoms with Gasteiger partial charge < -0.3 is 19.9 Å². The minimum absolute atomic E-state index is 0.284. The molecule has 0 heterocycles. The lowest BCUT2D eigenvalue weighted by Gasteiger charge is -2.09. The van der Waals surface area contributed by atoms with Gasteiger partial charge in [0.05, 0.1) is 14.2 Å². The molecule has 0 bridgehead atoms. The summed E-state index contributed by atoms with van der Waals surface area (Å²) >= 11 is 0. The molecular formula is C16H19NO3. The predicted octanol–water partition coefficient (Wildman–Crippen LogP) is 2.70. The lowest BCUT2D eigenvalue weighted by molar-refractivity contribution is 0.393. The van der Waals surface area contributed by atoms with Gasteiger partial charge in [0.15, 0.2) is 0 Å². The summed E-state index contributed by atoms with van der Waals surface area (Å²) < 4.78 is 10.5. The molecule has 106 valence electrons. The van der Waals surface area contributed by atoms with E-state index in [0.717, 1.165) is 29.2 Å². The molecule has 0 aliphatic rings. The SMILES string of the molecule is COc1cc(CNCc2ccc(O)cc2)cc(OC)c1. The topological polar surface area (TPSA) is 50.7 Å². The maximum Gasteiger partial charge on any atom is 0.122 e. The van der Waals surface area contributed by atoms with Gasteiger partial charge in [-0.15, -0.1) is 0 Å². The van der Waals surface area contributed by atoms with Crippen molar-refractivity contribution in [1.82, 2.24) is 5.32 Å². The first-order valence-corrected chi connectivity index (χ1v) is 6.42. The molecule has 2 aromatic carbocycles. The van der Waals surface area contributed by atoms with E-state index in [9.17, 15) is 5.11 Å². The third-order valence-electron chi connectivity index (χ3n) is 3.01. The summed E-state index contributed by atoms with van der Waals surface area (Å²) in [6.45, 7) is 1.45. The molecule has 20 heavy (non-hydrogen) atoms. The lowest BCUT2D eigenvalue weighted by atomic mass is 10.2. The second-order valence-corrected chi connectivity index (χ2v) is 4.49. The van der Waals surface area contributed by atoms with Crippen LogP contribution < -0.4 is 14.8 Å². The van der Waals surface area contributed by atoms with Gasteiger partial charge in [0.25, 0.3) is 0 Å². The van der Waals surface area contributed by atoms with Gasteiger partial charge in [0, 0.05) is 19.2 Å². The summed E-state index contributed by atoms with van der Waals surface area (Å²) in [5.74, 6) is 1.85. The molecule has 0 amide bonds. The number of aromatic hydroxyl groups is 1. The minimum Gasteiger partial charge on any atom is -0.508 e. The number of rotatable bonds is 6. The first-order valence-electron chi connectivity index (χ1n) is 6.42. The largest absolute Gasteiger partial charge is 0.508 e. The highest BCUT2D eigenvalue weighted by Gasteiger charge is 2.02. The van der Waals surface area contributed by atoms with Crippen LogP contribution in [0.1, 0.15) is 11.1 Å². The van der Waals surface area contributed by atoms with E-state index in [4.69, 9.17) is 9.47 Å². The van der Waals surface area contributed by atoms with Crippen molar-refractivity contribution in [1.29, 1.82) is 0 Å². The van der Waals surface area contributed by atoms with E-state index >= 15 is 0 Å². The van der Waals surface area contributed by atoms with Crippen LogP contribution >= 0.6 is 0 Å². The summed E-state index contributed by atoms with van der Waals surface area (Å²) in [5.41, 5.74) is 2.22. The summed E-state index contributed by atoms with van der Waals surface area (Å²) in [5, 5.41) is 12.6. The maximum atomic E-state index is 9.23. The van der Waals surface area contributed by atoms with Crippen molar-refractivity contribution in [3.63, 3.8) is 0 Å². The smallest absolute Gasteiger partial charge is 0.122 e. The highest BCUT2D eigenvalue weighted by molar-refractivity contribution is 5.38. The van der Waals surface area contributed by atoms with Crippen molar-refractivity contribution >= 4 is 0 Å². The van der Waals surface area contributed by atoms with Gasteiger partial charge in [-0.05, 0) is 35.4 Å². The zero-order chi connectivity index (χ0) is 14.4. The molecule has 0 spiro atoms. The number of nitrogens with one attached hydrogen (secondary N) is 1. The van der Waals surface area contributed by atoms with Crippen LogP contribution in [-0.2, 0) is 13.1 Å². The molecule has 0 aromatic heterocycles. The molecule has 0 atom stereocenters. The van der Waals surface area contributed by atoms with Crippen molar-refractivity contribution in [2.75, 3.05) is 14.2 Å². The van der Waals surface area contributed by atoms with Crippen LogP contribution in [0.15, 0.2) is 42.5 Å². The Labute approximate surface area is 119 Å². The lowest BCUT2D eigenvalue weighted by Crippen LogP contribution is -2.12. The van der Waals surface area contributed by atoms with E-state index in [1.54, 1.807) is 26.4 Å². The number of methoxy groups -OCH3 is 2. The van der Waals surface area contributed by atoms with Crippen LogP contribution in [0.2, 0.25) is 0 Å². The van der Waals surface area contributed by atoms with Crippen LogP contribution in [0.3, 0.4) is 0 Å². The second kappa shape index (κ2) is 6.82. The molecule has 0 aliphatic carbocycles. The van der Waals surface area contributed by atoms with Crippen molar-refractivity contribution in [2.24, 2.45) is 0 Å². The standard InChI is InChI=1S/C16H19NO3/c1-19-15-7-13(8-16(9-15)20-2)11-17-10-12-3-5-14(18)6-4-12/h3-9,17-18H,10-11H2,1-2H3. The summed E-state index contributed by atoms with van der Waals surface area (Å²) in [6.07, 6.45) is 0. The third kappa shape index (κ3) is 3.90. The Morgan fingerprint density at radius 2 is 1.40 bits per heavy atom. The van der Waals surface area contributed by atoms with Gasteiger partial charge in [-0.3, -0.25) is 0 Å². The Bertz CT molecular complexity index is 530. The Morgan fingerprint density at radius 3 is 1.95 bits per heavy atom. The summed E-state index contributed by atoms with van der Waals surface area (Å²) in [4.78, 5) is 0. The molecular weight excluding hydrogens is 254 g/mol. The normalized spacial score (nSPS) is 10.3. The fourth-order valence-corrected chi connectivity index (χ4v) is 1.93. The molecule has 4 heteroatoms. The predicted molar refractivity (Wildman–Crippen MR) is 78.2 cm³/mol. The van der Waals surface area contributed by atoms with Crippen LogP contribution in [0, 0.1) is 0 Å².